The number of nitrogens with one attached hydrogen (secondary N) is 1. The van der Waals surface area contributed by atoms with Crippen molar-refractivity contribution in [3.8, 4) is 0 Å². The van der Waals surface area contributed by atoms with Gasteiger partial charge in [0.25, 0.3) is 11.1 Å². The summed E-state index contributed by atoms with van der Waals surface area (Å²) in [6, 6.07) is 8.15. The Hall–Kier alpha value is -2.93. The minimum Gasteiger partial charge on any atom is -0.395 e. The van der Waals surface area contributed by atoms with Crippen LogP contribution in [0.2, 0.25) is 5.02 Å². The number of carbonyl (C=O) groups is 2. The molecular weight excluding hydrogens is 531 g/mol. The molecule has 0 saturated carbocycles. The highest BCUT2D eigenvalue weighted by molar-refractivity contribution is 8.18. The van der Waals surface area contributed by atoms with Gasteiger partial charge in [-0.1, -0.05) is 28.9 Å². The highest BCUT2D eigenvalue weighted by Gasteiger charge is 2.41. The molecule has 0 bridgehead atoms. The fourth-order valence-electron chi connectivity index (χ4n) is 4.61. The van der Waals surface area contributed by atoms with Crippen LogP contribution in [0, 0.1) is 0 Å². The minimum atomic E-state index is -4.57. The normalized spacial score (nSPS) is 22.0. The van der Waals surface area contributed by atoms with Gasteiger partial charge in [0.1, 0.15) is 5.52 Å². The number of aromatic nitrogens is 3. The number of benzene rings is 2. The Morgan fingerprint density at radius 1 is 1.22 bits per heavy atom. The number of rotatable bonds is 5. The summed E-state index contributed by atoms with van der Waals surface area (Å²) in [6.45, 7) is 0.369. The topological polar surface area (TPSA) is 100 Å². The molecule has 2 N–H and O–H groups in total. The van der Waals surface area contributed by atoms with Gasteiger partial charge in [0.2, 0.25) is 0 Å². The zero-order chi connectivity index (χ0) is 26.3. The highest BCUT2D eigenvalue weighted by Crippen LogP contribution is 2.37. The second kappa shape index (κ2) is 10.1. The second-order valence-electron chi connectivity index (χ2n) is 8.86. The Balaban J connectivity index is 1.38. The van der Waals surface area contributed by atoms with Crippen LogP contribution >= 0.6 is 23.4 Å². The zero-order valence-electron chi connectivity index (χ0n) is 19.2. The Morgan fingerprint density at radius 3 is 2.78 bits per heavy atom. The van der Waals surface area contributed by atoms with Gasteiger partial charge in [-0.2, -0.15) is 13.2 Å². The third-order valence-corrected chi connectivity index (χ3v) is 7.53. The average molecular weight is 552 g/mol. The Morgan fingerprint density at radius 2 is 2.03 bits per heavy atom. The molecule has 2 aliphatic heterocycles. The minimum absolute atomic E-state index is 0.00259. The lowest BCUT2D eigenvalue weighted by Crippen LogP contribution is -2.50. The molecule has 2 saturated heterocycles. The summed E-state index contributed by atoms with van der Waals surface area (Å²) in [7, 11) is 0. The van der Waals surface area contributed by atoms with E-state index in [1.807, 2.05) is 0 Å². The Labute approximate surface area is 218 Å². The van der Waals surface area contributed by atoms with Gasteiger partial charge in [-0.25, -0.2) is 4.68 Å². The Kier molecular flexibility index (Phi) is 7.01. The Bertz CT molecular complexity index is 1410. The van der Waals surface area contributed by atoms with E-state index in [1.54, 1.807) is 24.3 Å². The van der Waals surface area contributed by atoms with E-state index in [-0.39, 0.29) is 51.9 Å². The number of aliphatic hydroxyl groups is 1. The first-order valence-electron chi connectivity index (χ1n) is 11.4. The summed E-state index contributed by atoms with van der Waals surface area (Å²) in [5, 5.41) is 20.3. The second-order valence-corrected chi connectivity index (χ2v) is 10.3. The molecule has 0 unspecified atom stereocenters. The number of piperidine rings is 1. The van der Waals surface area contributed by atoms with Crippen LogP contribution in [0.5, 0.6) is 0 Å². The van der Waals surface area contributed by atoms with Crippen molar-refractivity contribution in [3.05, 3.63) is 63.0 Å². The van der Waals surface area contributed by atoms with E-state index < -0.39 is 11.7 Å². The first-order valence-corrected chi connectivity index (χ1v) is 12.6. The monoisotopic (exact) mass is 551 g/mol. The molecule has 0 aliphatic carbocycles. The van der Waals surface area contributed by atoms with E-state index in [0.29, 0.717) is 36.0 Å². The molecule has 8 nitrogen and oxygen atoms in total. The van der Waals surface area contributed by atoms with Crippen molar-refractivity contribution in [2.75, 3.05) is 13.2 Å². The van der Waals surface area contributed by atoms with E-state index in [9.17, 15) is 27.9 Å². The van der Waals surface area contributed by atoms with Crippen molar-refractivity contribution >= 4 is 51.6 Å². The van der Waals surface area contributed by atoms with E-state index in [2.05, 4.69) is 15.6 Å². The maximum Gasteiger partial charge on any atom is 0.416 e. The SMILES string of the molecule is O=C1S/C(=C\c2ccc3c(c2)nnn3Cc2ccc(Cl)cc2C(F)(F)F)C(=O)N1[C@@H]1CCN[C@@H](CO)C1. The first-order chi connectivity index (χ1) is 17.6. The van der Waals surface area contributed by atoms with Crippen LogP contribution in [0.3, 0.4) is 0 Å². The number of halogens is 4. The molecule has 2 aliphatic rings. The summed E-state index contributed by atoms with van der Waals surface area (Å²) in [6.07, 6.45) is -1.88. The lowest BCUT2D eigenvalue weighted by molar-refractivity contribution is -0.138. The van der Waals surface area contributed by atoms with Crippen molar-refractivity contribution in [3.63, 3.8) is 0 Å². The summed E-state index contributed by atoms with van der Waals surface area (Å²) in [5.74, 6) is -0.384. The summed E-state index contributed by atoms with van der Waals surface area (Å²) < 4.78 is 41.8. The largest absolute Gasteiger partial charge is 0.416 e. The summed E-state index contributed by atoms with van der Waals surface area (Å²) in [5.41, 5.74) is 0.710. The van der Waals surface area contributed by atoms with Crippen LogP contribution in [0.25, 0.3) is 17.1 Å². The molecule has 194 valence electrons. The van der Waals surface area contributed by atoms with Gasteiger partial charge >= 0.3 is 6.18 Å². The van der Waals surface area contributed by atoms with Gasteiger partial charge in [-0.05, 0) is 72.6 Å². The van der Waals surface area contributed by atoms with E-state index in [0.717, 1.165) is 17.8 Å². The van der Waals surface area contributed by atoms with Crippen LogP contribution in [0.1, 0.15) is 29.5 Å². The van der Waals surface area contributed by atoms with Crippen molar-refractivity contribution in [1.82, 2.24) is 25.2 Å². The molecule has 3 heterocycles. The lowest BCUT2D eigenvalue weighted by atomic mass is 9.98. The van der Waals surface area contributed by atoms with Crippen LogP contribution in [-0.2, 0) is 17.5 Å². The molecule has 5 rings (SSSR count). The third kappa shape index (κ3) is 5.24. The number of fused-ring (bicyclic) bond motifs is 1. The smallest absolute Gasteiger partial charge is 0.395 e. The molecule has 2 atom stereocenters. The molecule has 2 amide bonds. The van der Waals surface area contributed by atoms with Crippen LogP contribution < -0.4 is 5.32 Å². The van der Waals surface area contributed by atoms with Crippen molar-refractivity contribution in [1.29, 1.82) is 0 Å². The first kappa shape index (κ1) is 25.7. The maximum absolute atomic E-state index is 13.5. The van der Waals surface area contributed by atoms with E-state index in [4.69, 9.17) is 11.6 Å². The van der Waals surface area contributed by atoms with E-state index >= 15 is 0 Å². The van der Waals surface area contributed by atoms with Gasteiger partial charge in [-0.15, -0.1) is 5.10 Å². The molecule has 2 fully saturated rings. The van der Waals surface area contributed by atoms with Gasteiger partial charge in [0, 0.05) is 17.1 Å². The molecule has 0 radical (unpaired) electrons. The van der Waals surface area contributed by atoms with Gasteiger partial charge < -0.3 is 10.4 Å². The lowest BCUT2D eigenvalue weighted by Gasteiger charge is -2.33. The van der Waals surface area contributed by atoms with Crippen LogP contribution in [0.15, 0.2) is 41.3 Å². The molecule has 13 heteroatoms. The predicted molar refractivity (Wildman–Crippen MR) is 133 cm³/mol. The molecule has 37 heavy (non-hydrogen) atoms. The number of aliphatic hydroxyl groups excluding tert-OH is 1. The molecule has 1 aromatic heterocycles. The van der Waals surface area contributed by atoms with Gasteiger partial charge in [-0.3, -0.25) is 14.5 Å². The van der Waals surface area contributed by atoms with Crippen molar-refractivity contribution in [2.45, 2.75) is 37.6 Å². The summed E-state index contributed by atoms with van der Waals surface area (Å²) in [4.78, 5) is 27.2. The molecule has 3 aromatic rings. The van der Waals surface area contributed by atoms with E-state index in [1.165, 1.54) is 21.7 Å². The molecular formula is C24H21ClF3N5O3S. The number of nitrogens with zero attached hydrogens (tertiary/aromatic N) is 4. The fourth-order valence-corrected chi connectivity index (χ4v) is 5.68. The maximum atomic E-state index is 13.5. The number of hydrogen-bond acceptors (Lipinski definition) is 7. The van der Waals surface area contributed by atoms with Crippen LogP contribution in [0.4, 0.5) is 18.0 Å². The molecule has 0 spiro atoms. The standard InChI is InChI=1S/C24H21ClF3N5O3S/c25-15-3-2-14(18(9-15)24(26,27)28)11-32-20-4-1-13(7-19(20)30-31-32)8-21-22(35)33(23(36)37-21)17-5-6-29-16(10-17)12-34/h1-4,7-9,16-17,29,34H,5-6,10-12H2/b21-8-/t16-,17-/m1/s1. The van der Waals surface area contributed by atoms with Gasteiger partial charge in [0.15, 0.2) is 0 Å². The van der Waals surface area contributed by atoms with Gasteiger partial charge in [0.05, 0.1) is 29.1 Å². The van der Waals surface area contributed by atoms with Crippen LogP contribution in [-0.4, -0.2) is 61.4 Å². The fraction of sp³-hybridized carbons (Fsp3) is 0.333. The summed E-state index contributed by atoms with van der Waals surface area (Å²) >= 11 is 6.62. The number of imide groups is 1. The number of thioether (sulfide) groups is 1. The molecule has 2 aromatic carbocycles. The number of hydrogen-bond donors (Lipinski definition) is 2. The number of alkyl halides is 3. The average Bonchev–Trinajstić information content (AvgIpc) is 3.38. The quantitative estimate of drug-likeness (QED) is 0.456. The highest BCUT2D eigenvalue weighted by atomic mass is 35.5. The van der Waals surface area contributed by atoms with Crippen molar-refractivity contribution in [2.24, 2.45) is 0 Å². The third-order valence-electron chi connectivity index (χ3n) is 6.41. The zero-order valence-corrected chi connectivity index (χ0v) is 20.8. The van der Waals surface area contributed by atoms with Crippen molar-refractivity contribution < 1.29 is 27.9 Å². The number of amides is 2. The predicted octanol–water partition coefficient (Wildman–Crippen LogP) is 4.30. The number of carbonyl (C=O) groups excluding carboxylic acids is 2.